The van der Waals surface area contributed by atoms with Gasteiger partial charge in [-0.15, -0.1) is 0 Å². The molecule has 0 aliphatic rings. The number of halogens is 2. The molecule has 21 heavy (non-hydrogen) atoms. The van der Waals surface area contributed by atoms with E-state index in [2.05, 4.69) is 4.98 Å². The first-order chi connectivity index (χ1) is 9.99. The second kappa shape index (κ2) is 6.25. The van der Waals surface area contributed by atoms with Crippen LogP contribution in [0.15, 0.2) is 24.3 Å². The minimum Gasteiger partial charge on any atom is -0.465 e. The van der Waals surface area contributed by atoms with Crippen molar-refractivity contribution in [1.82, 2.24) is 4.98 Å². The van der Waals surface area contributed by atoms with E-state index in [1.807, 2.05) is 22.6 Å². The van der Waals surface area contributed by atoms with Crippen molar-refractivity contribution in [2.75, 3.05) is 14.2 Å². The van der Waals surface area contributed by atoms with Crippen molar-refractivity contribution in [2.24, 2.45) is 0 Å². The molecule has 0 aliphatic carbocycles. The second-order valence-electron chi connectivity index (χ2n) is 4.05. The van der Waals surface area contributed by atoms with Crippen LogP contribution in [0.25, 0.3) is 11.1 Å². The van der Waals surface area contributed by atoms with Crippen LogP contribution in [0, 0.1) is 9.52 Å². The van der Waals surface area contributed by atoms with Crippen molar-refractivity contribution in [1.29, 1.82) is 0 Å². The van der Waals surface area contributed by atoms with Crippen LogP contribution in [0.2, 0.25) is 0 Å². The zero-order valence-corrected chi connectivity index (χ0v) is 13.4. The number of ether oxygens (including phenoxy) is 2. The van der Waals surface area contributed by atoms with Gasteiger partial charge in [0.1, 0.15) is 11.5 Å². The zero-order chi connectivity index (χ0) is 15.6. The average molecular weight is 403 g/mol. The van der Waals surface area contributed by atoms with Crippen LogP contribution in [0.3, 0.4) is 0 Å². The van der Waals surface area contributed by atoms with E-state index < -0.39 is 17.8 Å². The Labute approximate surface area is 133 Å². The predicted molar refractivity (Wildman–Crippen MR) is 81.6 cm³/mol. The highest BCUT2D eigenvalue weighted by molar-refractivity contribution is 14.1. The van der Waals surface area contributed by atoms with Crippen LogP contribution in [-0.4, -0.2) is 31.1 Å². The fraction of sp³-hybridized carbons (Fsp3) is 0.143. The Morgan fingerprint density at radius 1 is 1.10 bits per heavy atom. The summed E-state index contributed by atoms with van der Waals surface area (Å²) in [5.74, 6) is -1.63. The van der Waals surface area contributed by atoms with E-state index in [4.69, 9.17) is 9.47 Å². The predicted octanol–water partition coefficient (Wildman–Crippen LogP) is 3.00. The molecule has 0 saturated carbocycles. The molecule has 0 spiro atoms. The molecule has 5 nitrogen and oxygen atoms in total. The Kier molecular flexibility index (Phi) is 4.61. The monoisotopic (exact) mass is 403 g/mol. The van der Waals surface area contributed by atoms with Gasteiger partial charge in [0, 0.05) is 5.56 Å². The number of nitrogens with one attached hydrogen (secondary N) is 1. The fourth-order valence-corrected chi connectivity index (χ4v) is 2.68. The van der Waals surface area contributed by atoms with Gasteiger partial charge in [0.25, 0.3) is 0 Å². The normalized spacial score (nSPS) is 10.3. The number of hydrogen-bond acceptors (Lipinski definition) is 4. The number of methoxy groups -OCH3 is 2. The number of rotatable bonds is 3. The largest absolute Gasteiger partial charge is 0.465 e. The van der Waals surface area contributed by atoms with Crippen molar-refractivity contribution in [2.45, 2.75) is 0 Å². The number of carbonyl (C=O) groups is 2. The van der Waals surface area contributed by atoms with Crippen LogP contribution in [-0.2, 0) is 9.47 Å². The summed E-state index contributed by atoms with van der Waals surface area (Å²) in [6.07, 6.45) is 0. The van der Waals surface area contributed by atoms with Gasteiger partial charge in [-0.25, -0.2) is 14.0 Å². The van der Waals surface area contributed by atoms with Crippen LogP contribution in [0.5, 0.6) is 0 Å². The molecule has 0 fully saturated rings. The molecular weight excluding hydrogens is 392 g/mol. The van der Waals surface area contributed by atoms with Gasteiger partial charge in [-0.2, -0.15) is 0 Å². The van der Waals surface area contributed by atoms with Gasteiger partial charge in [-0.05, 0) is 40.3 Å². The lowest BCUT2D eigenvalue weighted by molar-refractivity contribution is 0.0593. The molecule has 110 valence electrons. The van der Waals surface area contributed by atoms with E-state index in [0.29, 0.717) is 14.8 Å². The summed E-state index contributed by atoms with van der Waals surface area (Å²) in [6.45, 7) is 0. The highest BCUT2D eigenvalue weighted by Gasteiger charge is 2.27. The molecule has 1 aromatic heterocycles. The maximum absolute atomic E-state index is 13.1. The Bertz CT molecular complexity index is 694. The van der Waals surface area contributed by atoms with Crippen LogP contribution < -0.4 is 0 Å². The van der Waals surface area contributed by atoms with Gasteiger partial charge >= 0.3 is 11.9 Å². The van der Waals surface area contributed by atoms with Gasteiger partial charge in [0.2, 0.25) is 0 Å². The van der Waals surface area contributed by atoms with Gasteiger partial charge < -0.3 is 14.5 Å². The van der Waals surface area contributed by atoms with Crippen LogP contribution >= 0.6 is 22.6 Å². The van der Waals surface area contributed by atoms with E-state index in [-0.39, 0.29) is 11.3 Å². The van der Waals surface area contributed by atoms with Gasteiger partial charge in [-0.3, -0.25) is 0 Å². The second-order valence-corrected chi connectivity index (χ2v) is 5.13. The van der Waals surface area contributed by atoms with Crippen LogP contribution in [0.1, 0.15) is 20.8 Å². The summed E-state index contributed by atoms with van der Waals surface area (Å²) in [6, 6.07) is 5.45. The van der Waals surface area contributed by atoms with Crippen molar-refractivity contribution < 1.29 is 23.5 Å². The number of aromatic nitrogens is 1. The van der Waals surface area contributed by atoms with Gasteiger partial charge in [0.05, 0.1) is 23.5 Å². The molecule has 0 amide bonds. The Hall–Kier alpha value is -1.90. The molecule has 2 rings (SSSR count). The fourth-order valence-electron chi connectivity index (χ4n) is 1.92. The van der Waals surface area contributed by atoms with E-state index in [1.165, 1.54) is 38.5 Å². The molecule has 0 aliphatic heterocycles. The number of carbonyl (C=O) groups excluding carboxylic acids is 2. The van der Waals surface area contributed by atoms with Gasteiger partial charge in [0.15, 0.2) is 0 Å². The molecule has 0 unspecified atom stereocenters. The Morgan fingerprint density at radius 2 is 1.67 bits per heavy atom. The first kappa shape index (κ1) is 15.5. The average Bonchev–Trinajstić information content (AvgIpc) is 2.84. The standard InChI is InChI=1S/C14H11FINO4/c1-20-13(18)10-9(7-3-5-8(15)6-4-7)11(14(19)21-2)17-12(10)16/h3-6,17H,1-2H3. The summed E-state index contributed by atoms with van der Waals surface area (Å²) >= 11 is 1.89. The summed E-state index contributed by atoms with van der Waals surface area (Å²) in [7, 11) is 2.49. The third-order valence-electron chi connectivity index (χ3n) is 2.87. The minimum atomic E-state index is -0.623. The van der Waals surface area contributed by atoms with E-state index in [9.17, 15) is 14.0 Å². The third kappa shape index (κ3) is 2.92. The Morgan fingerprint density at radius 3 is 2.19 bits per heavy atom. The summed E-state index contributed by atoms with van der Waals surface area (Å²) in [4.78, 5) is 26.6. The van der Waals surface area contributed by atoms with Crippen molar-refractivity contribution in [3.8, 4) is 11.1 Å². The van der Waals surface area contributed by atoms with Gasteiger partial charge in [-0.1, -0.05) is 12.1 Å². The van der Waals surface area contributed by atoms with E-state index in [0.717, 1.165) is 0 Å². The maximum Gasteiger partial charge on any atom is 0.355 e. The molecule has 0 radical (unpaired) electrons. The molecule has 0 bridgehead atoms. The highest BCUT2D eigenvalue weighted by Crippen LogP contribution is 2.32. The smallest absolute Gasteiger partial charge is 0.355 e. The molecule has 7 heteroatoms. The van der Waals surface area contributed by atoms with E-state index in [1.54, 1.807) is 0 Å². The molecule has 2 aromatic rings. The lowest BCUT2D eigenvalue weighted by Crippen LogP contribution is -2.06. The molecule has 1 N–H and O–H groups in total. The first-order valence-corrected chi connectivity index (χ1v) is 6.91. The van der Waals surface area contributed by atoms with E-state index >= 15 is 0 Å². The lowest BCUT2D eigenvalue weighted by Gasteiger charge is -2.06. The zero-order valence-electron chi connectivity index (χ0n) is 11.2. The number of H-pyrrole nitrogens is 1. The number of esters is 2. The topological polar surface area (TPSA) is 68.4 Å². The quantitative estimate of drug-likeness (QED) is 0.632. The van der Waals surface area contributed by atoms with Crippen LogP contribution in [0.4, 0.5) is 4.39 Å². The Balaban J connectivity index is 2.72. The van der Waals surface area contributed by atoms with Crippen molar-refractivity contribution in [3.05, 3.63) is 45.0 Å². The number of benzene rings is 1. The molecule has 1 aromatic carbocycles. The molecular formula is C14H11FINO4. The lowest BCUT2D eigenvalue weighted by atomic mass is 10.0. The summed E-state index contributed by atoms with van der Waals surface area (Å²) in [5.41, 5.74) is 1.17. The molecule has 0 saturated heterocycles. The SMILES string of the molecule is COC(=O)c1[nH]c(I)c(C(=O)OC)c1-c1ccc(F)cc1. The highest BCUT2D eigenvalue weighted by atomic mass is 127. The summed E-state index contributed by atoms with van der Waals surface area (Å²) < 4.78 is 23.0. The number of aromatic amines is 1. The maximum atomic E-state index is 13.1. The molecule has 0 atom stereocenters. The molecule has 1 heterocycles. The number of hydrogen-bond donors (Lipinski definition) is 1. The summed E-state index contributed by atoms with van der Waals surface area (Å²) in [5, 5.41) is 0. The third-order valence-corrected chi connectivity index (χ3v) is 3.68. The first-order valence-electron chi connectivity index (χ1n) is 5.83. The van der Waals surface area contributed by atoms with Crippen molar-refractivity contribution in [3.63, 3.8) is 0 Å². The van der Waals surface area contributed by atoms with Crippen molar-refractivity contribution >= 4 is 34.5 Å². The minimum absolute atomic E-state index is 0.119.